The standard InChI is InChI=1S/C23H28/c1-3-6-19-15-20(12-11-17-7-4-5-8-21(17)19)23-16(2)9-10-18-13-14-22(18)23/h4-5,7-12,18-20,22H,3,6,13-15H2,1-2H3. The van der Waals surface area contributed by atoms with E-state index in [2.05, 4.69) is 62.4 Å². The van der Waals surface area contributed by atoms with Crippen molar-refractivity contribution in [3.05, 3.63) is 64.8 Å². The quantitative estimate of drug-likeness (QED) is 0.596. The summed E-state index contributed by atoms with van der Waals surface area (Å²) >= 11 is 0. The van der Waals surface area contributed by atoms with E-state index in [-0.39, 0.29) is 0 Å². The first-order valence-electron chi connectivity index (χ1n) is 9.44. The summed E-state index contributed by atoms with van der Waals surface area (Å²) in [5.41, 5.74) is 6.32. The van der Waals surface area contributed by atoms with Gasteiger partial charge in [-0.05, 0) is 67.4 Å². The summed E-state index contributed by atoms with van der Waals surface area (Å²) in [5, 5.41) is 0. The molecule has 0 spiro atoms. The van der Waals surface area contributed by atoms with Crippen molar-refractivity contribution in [3.8, 4) is 0 Å². The molecule has 23 heavy (non-hydrogen) atoms. The third-order valence-electron chi connectivity index (χ3n) is 6.30. The van der Waals surface area contributed by atoms with Crippen LogP contribution in [0.2, 0.25) is 0 Å². The molecule has 0 N–H and O–H groups in total. The van der Waals surface area contributed by atoms with E-state index >= 15 is 0 Å². The highest BCUT2D eigenvalue weighted by Gasteiger charge is 2.38. The Kier molecular flexibility index (Phi) is 4.01. The molecule has 0 heterocycles. The van der Waals surface area contributed by atoms with Gasteiger partial charge in [0.05, 0.1) is 0 Å². The second-order valence-electron chi connectivity index (χ2n) is 7.66. The van der Waals surface area contributed by atoms with E-state index in [4.69, 9.17) is 0 Å². The molecule has 4 atom stereocenters. The van der Waals surface area contributed by atoms with E-state index in [1.54, 1.807) is 16.7 Å². The lowest BCUT2D eigenvalue weighted by atomic mass is 9.62. The maximum absolute atomic E-state index is 2.52. The second kappa shape index (κ2) is 6.15. The Bertz CT molecular complexity index is 673. The molecule has 0 nitrogen and oxygen atoms in total. The lowest BCUT2D eigenvalue weighted by Crippen LogP contribution is -2.31. The van der Waals surface area contributed by atoms with Gasteiger partial charge in [0.25, 0.3) is 0 Å². The Labute approximate surface area is 141 Å². The van der Waals surface area contributed by atoms with Gasteiger partial charge in [-0.15, -0.1) is 0 Å². The number of rotatable bonds is 3. The van der Waals surface area contributed by atoms with Crippen molar-refractivity contribution in [2.75, 3.05) is 0 Å². The fraction of sp³-hybridized carbons (Fsp3) is 0.478. The monoisotopic (exact) mass is 304 g/mol. The number of fused-ring (bicyclic) bond motifs is 2. The first-order chi connectivity index (χ1) is 11.3. The van der Waals surface area contributed by atoms with Gasteiger partial charge in [-0.3, -0.25) is 0 Å². The molecule has 0 amide bonds. The van der Waals surface area contributed by atoms with E-state index in [1.165, 1.54) is 37.7 Å². The molecule has 3 aliphatic carbocycles. The fourth-order valence-corrected chi connectivity index (χ4v) is 4.99. The van der Waals surface area contributed by atoms with Crippen LogP contribution in [0.25, 0.3) is 6.08 Å². The maximum atomic E-state index is 2.52. The largest absolute Gasteiger partial charge is 0.0806 e. The lowest BCUT2D eigenvalue weighted by molar-refractivity contribution is 0.246. The Morgan fingerprint density at radius 1 is 1.04 bits per heavy atom. The first-order valence-corrected chi connectivity index (χ1v) is 9.44. The van der Waals surface area contributed by atoms with Crippen molar-refractivity contribution in [2.45, 2.75) is 51.9 Å². The minimum atomic E-state index is 0.636. The van der Waals surface area contributed by atoms with Crippen LogP contribution in [0.1, 0.15) is 63.0 Å². The van der Waals surface area contributed by atoms with Gasteiger partial charge in [-0.25, -0.2) is 0 Å². The van der Waals surface area contributed by atoms with Crippen molar-refractivity contribution >= 4 is 6.08 Å². The first kappa shape index (κ1) is 15.0. The molecule has 1 saturated carbocycles. The van der Waals surface area contributed by atoms with Gasteiger partial charge in [0.15, 0.2) is 0 Å². The molecular formula is C23H28. The predicted octanol–water partition coefficient (Wildman–Crippen LogP) is 6.52. The minimum absolute atomic E-state index is 0.636. The summed E-state index contributed by atoms with van der Waals surface area (Å²) < 4.78 is 0. The van der Waals surface area contributed by atoms with Crippen molar-refractivity contribution < 1.29 is 0 Å². The van der Waals surface area contributed by atoms with Gasteiger partial charge in [-0.1, -0.05) is 73.1 Å². The van der Waals surface area contributed by atoms with Crippen molar-refractivity contribution in [1.29, 1.82) is 0 Å². The summed E-state index contributed by atoms with van der Waals surface area (Å²) in [6, 6.07) is 9.05. The Balaban J connectivity index is 1.70. The Hall–Kier alpha value is -1.56. The number of allylic oxidation sites excluding steroid dienone is 5. The van der Waals surface area contributed by atoms with Gasteiger partial charge >= 0.3 is 0 Å². The maximum Gasteiger partial charge on any atom is -0.000541 e. The molecule has 0 radical (unpaired) electrons. The topological polar surface area (TPSA) is 0 Å². The average Bonchev–Trinajstić information content (AvgIpc) is 2.71. The zero-order valence-corrected chi connectivity index (χ0v) is 14.5. The molecule has 0 heteroatoms. The van der Waals surface area contributed by atoms with Crippen molar-refractivity contribution in [1.82, 2.24) is 0 Å². The van der Waals surface area contributed by atoms with Crippen LogP contribution in [0.3, 0.4) is 0 Å². The smallest absolute Gasteiger partial charge is 0.000541 e. The SMILES string of the molecule is CCCC1CC(C2=C(C)C=CC3CCC23)C=Cc2ccccc21. The van der Waals surface area contributed by atoms with Crippen LogP contribution in [-0.4, -0.2) is 0 Å². The molecule has 120 valence electrons. The van der Waals surface area contributed by atoms with Gasteiger partial charge in [0, 0.05) is 0 Å². The van der Waals surface area contributed by atoms with Crippen molar-refractivity contribution in [3.63, 3.8) is 0 Å². The lowest BCUT2D eigenvalue weighted by Gasteiger charge is -2.42. The Morgan fingerprint density at radius 2 is 1.91 bits per heavy atom. The highest BCUT2D eigenvalue weighted by molar-refractivity contribution is 5.57. The zero-order chi connectivity index (χ0) is 15.8. The van der Waals surface area contributed by atoms with Crippen LogP contribution >= 0.6 is 0 Å². The van der Waals surface area contributed by atoms with Gasteiger partial charge in [0.1, 0.15) is 0 Å². The highest BCUT2D eigenvalue weighted by Crippen LogP contribution is 2.50. The zero-order valence-electron chi connectivity index (χ0n) is 14.5. The van der Waals surface area contributed by atoms with Crippen molar-refractivity contribution in [2.24, 2.45) is 17.8 Å². The van der Waals surface area contributed by atoms with E-state index in [0.717, 1.165) is 11.8 Å². The predicted molar refractivity (Wildman–Crippen MR) is 99.3 cm³/mol. The third-order valence-corrected chi connectivity index (χ3v) is 6.30. The normalized spacial score (nSPS) is 32.1. The van der Waals surface area contributed by atoms with E-state index in [1.807, 2.05) is 0 Å². The molecule has 0 aliphatic heterocycles. The van der Waals surface area contributed by atoms with Gasteiger partial charge < -0.3 is 0 Å². The van der Waals surface area contributed by atoms with E-state index in [0.29, 0.717) is 11.8 Å². The second-order valence-corrected chi connectivity index (χ2v) is 7.66. The van der Waals surface area contributed by atoms with Crippen LogP contribution in [0, 0.1) is 17.8 Å². The molecule has 1 aromatic rings. The molecular weight excluding hydrogens is 276 g/mol. The summed E-state index contributed by atoms with van der Waals surface area (Å²) in [5.74, 6) is 3.01. The van der Waals surface area contributed by atoms with Crippen LogP contribution in [0.4, 0.5) is 0 Å². The van der Waals surface area contributed by atoms with E-state index < -0.39 is 0 Å². The van der Waals surface area contributed by atoms with Crippen LogP contribution < -0.4 is 0 Å². The minimum Gasteiger partial charge on any atom is -0.0806 e. The van der Waals surface area contributed by atoms with Crippen LogP contribution in [0.15, 0.2) is 53.6 Å². The molecule has 1 fully saturated rings. The van der Waals surface area contributed by atoms with Crippen LogP contribution in [0.5, 0.6) is 0 Å². The van der Waals surface area contributed by atoms with Gasteiger partial charge in [-0.2, -0.15) is 0 Å². The molecule has 3 aliphatic rings. The van der Waals surface area contributed by atoms with E-state index in [9.17, 15) is 0 Å². The third kappa shape index (κ3) is 2.63. The number of benzene rings is 1. The van der Waals surface area contributed by atoms with Crippen LogP contribution in [-0.2, 0) is 0 Å². The van der Waals surface area contributed by atoms with Gasteiger partial charge in [0.2, 0.25) is 0 Å². The molecule has 1 aromatic carbocycles. The summed E-state index contributed by atoms with van der Waals surface area (Å²) in [7, 11) is 0. The summed E-state index contributed by atoms with van der Waals surface area (Å²) in [6.45, 7) is 4.66. The number of hydrogen-bond acceptors (Lipinski definition) is 0. The summed E-state index contributed by atoms with van der Waals surface area (Å²) in [4.78, 5) is 0. The average molecular weight is 304 g/mol. The molecule has 0 saturated heterocycles. The molecule has 4 unspecified atom stereocenters. The summed E-state index contributed by atoms with van der Waals surface area (Å²) in [6.07, 6.45) is 16.5. The number of hydrogen-bond donors (Lipinski definition) is 0. The molecule has 0 bridgehead atoms. The highest BCUT2D eigenvalue weighted by atomic mass is 14.4. The molecule has 4 rings (SSSR count). The fourth-order valence-electron chi connectivity index (χ4n) is 4.99. The Morgan fingerprint density at radius 3 is 2.70 bits per heavy atom. The molecule has 0 aromatic heterocycles.